The van der Waals surface area contributed by atoms with E-state index in [2.05, 4.69) is 37.5 Å². The smallest absolute Gasteiger partial charge is 0.315 e. The number of rotatable bonds is 7. The maximum atomic E-state index is 12.4. The third-order valence-electron chi connectivity index (χ3n) is 5.24. The molecule has 7 heteroatoms. The van der Waals surface area contributed by atoms with Gasteiger partial charge in [0.2, 0.25) is 0 Å². The number of urea groups is 1. The first-order valence-electron chi connectivity index (χ1n) is 9.96. The van der Waals surface area contributed by atoms with E-state index < -0.39 is 0 Å². The van der Waals surface area contributed by atoms with Crippen molar-refractivity contribution in [1.82, 2.24) is 25.4 Å². The molecular formula is C22H25N5O2. The average Bonchev–Trinajstić information content (AvgIpc) is 3.37. The standard InChI is InChI=1S/C22H25N5O2/c28-14-12-19(18-10-8-17(9-11-18)16-5-2-1-3-6-16)24-22(29)23-15-21-26-25-20-7-4-13-27(20)21/h1-3,5-6,8-11,19,28H,4,7,12-15H2,(H2,23,24,29)/t19-/m0/s1. The Hall–Kier alpha value is -3.19. The Morgan fingerprint density at radius 2 is 1.83 bits per heavy atom. The summed E-state index contributed by atoms with van der Waals surface area (Å²) in [7, 11) is 0. The fourth-order valence-corrected chi connectivity index (χ4v) is 3.70. The van der Waals surface area contributed by atoms with E-state index in [1.807, 2.05) is 42.5 Å². The van der Waals surface area contributed by atoms with Crippen LogP contribution in [0.2, 0.25) is 0 Å². The van der Waals surface area contributed by atoms with Crippen molar-refractivity contribution in [3.63, 3.8) is 0 Å². The number of fused-ring (bicyclic) bond motifs is 1. The Labute approximate surface area is 169 Å². The first-order valence-corrected chi connectivity index (χ1v) is 9.96. The highest BCUT2D eigenvalue weighted by atomic mass is 16.3. The molecule has 0 unspecified atom stereocenters. The van der Waals surface area contributed by atoms with E-state index in [-0.39, 0.29) is 18.7 Å². The Balaban J connectivity index is 1.38. The maximum absolute atomic E-state index is 12.4. The summed E-state index contributed by atoms with van der Waals surface area (Å²) in [6.07, 6.45) is 2.46. The third kappa shape index (κ3) is 4.46. The van der Waals surface area contributed by atoms with Gasteiger partial charge in [0.05, 0.1) is 12.6 Å². The summed E-state index contributed by atoms with van der Waals surface area (Å²) in [6, 6.07) is 17.6. The Morgan fingerprint density at radius 3 is 2.59 bits per heavy atom. The second kappa shape index (κ2) is 8.87. The van der Waals surface area contributed by atoms with E-state index >= 15 is 0 Å². The molecule has 0 radical (unpaired) electrons. The molecule has 0 saturated carbocycles. The molecule has 4 rings (SSSR count). The quantitative estimate of drug-likeness (QED) is 0.577. The zero-order valence-corrected chi connectivity index (χ0v) is 16.2. The molecule has 29 heavy (non-hydrogen) atoms. The number of nitrogens with zero attached hydrogens (tertiary/aromatic N) is 3. The van der Waals surface area contributed by atoms with E-state index in [9.17, 15) is 9.90 Å². The molecule has 0 fully saturated rings. The molecule has 2 aromatic carbocycles. The van der Waals surface area contributed by atoms with Crippen molar-refractivity contribution in [3.05, 3.63) is 71.8 Å². The van der Waals surface area contributed by atoms with E-state index in [1.54, 1.807) is 0 Å². The molecule has 2 heterocycles. The average molecular weight is 391 g/mol. The van der Waals surface area contributed by atoms with Crippen LogP contribution in [0.4, 0.5) is 4.79 Å². The number of aryl methyl sites for hydroxylation is 1. The fraction of sp³-hybridized carbons (Fsp3) is 0.318. The summed E-state index contributed by atoms with van der Waals surface area (Å²) in [4.78, 5) is 12.4. The topological polar surface area (TPSA) is 92.1 Å². The lowest BCUT2D eigenvalue weighted by Gasteiger charge is -2.19. The number of hydrogen-bond acceptors (Lipinski definition) is 4. The van der Waals surface area contributed by atoms with Crippen molar-refractivity contribution in [1.29, 1.82) is 0 Å². The highest BCUT2D eigenvalue weighted by molar-refractivity contribution is 5.74. The van der Waals surface area contributed by atoms with Crippen LogP contribution in [-0.4, -0.2) is 32.5 Å². The van der Waals surface area contributed by atoms with Crippen LogP contribution in [0.15, 0.2) is 54.6 Å². The van der Waals surface area contributed by atoms with Gasteiger partial charge < -0.3 is 20.3 Å². The van der Waals surface area contributed by atoms with Gasteiger partial charge in [-0.1, -0.05) is 54.6 Å². The Morgan fingerprint density at radius 1 is 1.07 bits per heavy atom. The molecule has 1 aliphatic rings. The van der Waals surface area contributed by atoms with Gasteiger partial charge in [0.25, 0.3) is 0 Å². The number of carbonyl (C=O) groups is 1. The first kappa shape index (κ1) is 19.1. The normalized spacial score (nSPS) is 13.7. The Kier molecular flexibility index (Phi) is 5.86. The summed E-state index contributed by atoms with van der Waals surface area (Å²) < 4.78 is 2.06. The predicted octanol–water partition coefficient (Wildman–Crippen LogP) is 2.81. The number of hydrogen-bond donors (Lipinski definition) is 3. The van der Waals surface area contributed by atoms with Crippen molar-refractivity contribution in [2.75, 3.05) is 6.61 Å². The predicted molar refractivity (Wildman–Crippen MR) is 110 cm³/mol. The molecule has 0 saturated heterocycles. The number of nitrogens with one attached hydrogen (secondary N) is 2. The molecule has 1 aliphatic heterocycles. The number of amides is 2. The lowest BCUT2D eigenvalue weighted by molar-refractivity contribution is 0.228. The van der Waals surface area contributed by atoms with Gasteiger partial charge in [-0.15, -0.1) is 10.2 Å². The lowest BCUT2D eigenvalue weighted by Crippen LogP contribution is -2.38. The van der Waals surface area contributed by atoms with Crippen LogP contribution >= 0.6 is 0 Å². The van der Waals surface area contributed by atoms with Gasteiger partial charge in [-0.3, -0.25) is 0 Å². The van der Waals surface area contributed by atoms with E-state index in [0.717, 1.165) is 47.7 Å². The van der Waals surface area contributed by atoms with Crippen LogP contribution in [-0.2, 0) is 19.5 Å². The van der Waals surface area contributed by atoms with E-state index in [0.29, 0.717) is 13.0 Å². The monoisotopic (exact) mass is 391 g/mol. The zero-order valence-electron chi connectivity index (χ0n) is 16.2. The van der Waals surface area contributed by atoms with Crippen molar-refractivity contribution < 1.29 is 9.90 Å². The van der Waals surface area contributed by atoms with Gasteiger partial charge >= 0.3 is 6.03 Å². The molecule has 0 spiro atoms. The minimum Gasteiger partial charge on any atom is -0.396 e. The van der Waals surface area contributed by atoms with E-state index in [1.165, 1.54) is 0 Å². The van der Waals surface area contributed by atoms with Crippen LogP contribution in [0.5, 0.6) is 0 Å². The van der Waals surface area contributed by atoms with Crippen molar-refractivity contribution in [3.8, 4) is 11.1 Å². The Bertz CT molecular complexity index is 953. The van der Waals surface area contributed by atoms with Crippen molar-refractivity contribution in [2.24, 2.45) is 0 Å². The van der Waals surface area contributed by atoms with Gasteiger partial charge in [-0.25, -0.2) is 4.79 Å². The second-order valence-corrected chi connectivity index (χ2v) is 7.17. The summed E-state index contributed by atoms with van der Waals surface area (Å²) in [6.45, 7) is 1.22. The van der Waals surface area contributed by atoms with Crippen LogP contribution < -0.4 is 10.6 Å². The number of carbonyl (C=O) groups excluding carboxylic acids is 1. The van der Waals surface area contributed by atoms with E-state index in [4.69, 9.17) is 0 Å². The molecule has 3 aromatic rings. The highest BCUT2D eigenvalue weighted by Crippen LogP contribution is 2.23. The van der Waals surface area contributed by atoms with Crippen LogP contribution in [0, 0.1) is 0 Å². The molecule has 3 N–H and O–H groups in total. The fourth-order valence-electron chi connectivity index (χ4n) is 3.70. The third-order valence-corrected chi connectivity index (χ3v) is 5.24. The van der Waals surface area contributed by atoms with Gasteiger partial charge in [-0.2, -0.15) is 0 Å². The molecule has 0 bridgehead atoms. The molecule has 0 aliphatic carbocycles. The molecule has 7 nitrogen and oxygen atoms in total. The SMILES string of the molecule is O=C(NCc1nnc2n1CCC2)N[C@@H](CCO)c1ccc(-c2ccccc2)cc1. The largest absolute Gasteiger partial charge is 0.396 e. The molecule has 150 valence electrons. The van der Waals surface area contributed by atoms with Crippen molar-refractivity contribution in [2.45, 2.75) is 38.4 Å². The van der Waals surface area contributed by atoms with Gasteiger partial charge in [0.1, 0.15) is 5.82 Å². The molecule has 1 atom stereocenters. The van der Waals surface area contributed by atoms with Gasteiger partial charge in [-0.05, 0) is 29.5 Å². The highest BCUT2D eigenvalue weighted by Gasteiger charge is 2.19. The van der Waals surface area contributed by atoms with Gasteiger partial charge in [0, 0.05) is 19.6 Å². The second-order valence-electron chi connectivity index (χ2n) is 7.17. The summed E-state index contributed by atoms with van der Waals surface area (Å²) in [5.74, 6) is 1.76. The van der Waals surface area contributed by atoms with Crippen LogP contribution in [0.25, 0.3) is 11.1 Å². The molecular weight excluding hydrogens is 366 g/mol. The lowest BCUT2D eigenvalue weighted by atomic mass is 9.99. The first-order chi connectivity index (χ1) is 14.2. The maximum Gasteiger partial charge on any atom is 0.315 e. The van der Waals surface area contributed by atoms with Crippen LogP contribution in [0.3, 0.4) is 0 Å². The summed E-state index contributed by atoms with van der Waals surface area (Å²) >= 11 is 0. The van der Waals surface area contributed by atoms with Crippen LogP contribution in [0.1, 0.15) is 36.1 Å². The number of benzene rings is 2. The number of aromatic nitrogens is 3. The minimum absolute atomic E-state index is 0.0108. The molecule has 1 aromatic heterocycles. The number of aliphatic hydroxyl groups excluding tert-OH is 1. The number of aliphatic hydroxyl groups is 1. The molecule has 2 amide bonds. The minimum atomic E-state index is -0.286. The summed E-state index contributed by atoms with van der Waals surface area (Å²) in [5.41, 5.74) is 3.21. The summed E-state index contributed by atoms with van der Waals surface area (Å²) in [5, 5.41) is 23.6. The van der Waals surface area contributed by atoms with Gasteiger partial charge in [0.15, 0.2) is 5.82 Å². The van der Waals surface area contributed by atoms with Crippen molar-refractivity contribution >= 4 is 6.03 Å². The zero-order chi connectivity index (χ0) is 20.1.